The smallest absolute Gasteiger partial charge is 0.249 e. The molecule has 1 amide bonds. The Bertz CT molecular complexity index is 417. The monoisotopic (exact) mass is 268 g/mol. The fraction of sp³-hybridized carbons (Fsp3) is 0.615. The Morgan fingerprint density at radius 2 is 2.44 bits per heavy atom. The van der Waals surface area contributed by atoms with Crippen molar-refractivity contribution in [1.82, 2.24) is 4.90 Å². The number of carbonyl (C=O) groups is 1. The van der Waals surface area contributed by atoms with Crippen LogP contribution < -0.4 is 5.73 Å². The molecule has 5 heteroatoms. The quantitative estimate of drug-likeness (QED) is 0.871. The second-order valence-corrected chi connectivity index (χ2v) is 5.94. The van der Waals surface area contributed by atoms with Crippen molar-refractivity contribution < 1.29 is 9.90 Å². The molecule has 0 saturated carbocycles. The molecule has 18 heavy (non-hydrogen) atoms. The van der Waals surface area contributed by atoms with E-state index in [0.29, 0.717) is 5.56 Å². The molecular formula is C13H20N2O2S. The standard InChI is InChI=1S/C13H20N2O2S/c1-9(16)12-4-2-3-5-15(12)7-11-6-10(8-18-11)13(14)17/h6,8-9,12,16H,2-5,7H2,1H3,(H2,14,17). The fourth-order valence-corrected chi connectivity index (χ4v) is 3.45. The summed E-state index contributed by atoms with van der Waals surface area (Å²) in [6.07, 6.45) is 3.10. The van der Waals surface area contributed by atoms with Gasteiger partial charge in [0.2, 0.25) is 5.91 Å². The number of primary amides is 1. The first-order valence-corrected chi connectivity index (χ1v) is 7.25. The molecule has 1 saturated heterocycles. The molecule has 2 rings (SSSR count). The Morgan fingerprint density at radius 3 is 3.06 bits per heavy atom. The van der Waals surface area contributed by atoms with E-state index in [1.807, 2.05) is 13.0 Å². The summed E-state index contributed by atoms with van der Waals surface area (Å²) in [5.74, 6) is -0.372. The minimum atomic E-state index is -0.372. The lowest BCUT2D eigenvalue weighted by molar-refractivity contribution is 0.0322. The average molecular weight is 268 g/mol. The highest BCUT2D eigenvalue weighted by Gasteiger charge is 2.26. The zero-order valence-corrected chi connectivity index (χ0v) is 11.4. The molecule has 2 heterocycles. The van der Waals surface area contributed by atoms with Crippen molar-refractivity contribution in [3.8, 4) is 0 Å². The van der Waals surface area contributed by atoms with E-state index in [1.54, 1.807) is 16.7 Å². The molecule has 1 fully saturated rings. The van der Waals surface area contributed by atoms with Crippen molar-refractivity contribution in [2.45, 2.75) is 44.9 Å². The van der Waals surface area contributed by atoms with E-state index < -0.39 is 0 Å². The van der Waals surface area contributed by atoms with E-state index in [1.165, 1.54) is 12.8 Å². The van der Waals surface area contributed by atoms with Crippen LogP contribution in [0.25, 0.3) is 0 Å². The number of hydrogen-bond donors (Lipinski definition) is 2. The number of rotatable bonds is 4. The largest absolute Gasteiger partial charge is 0.392 e. The van der Waals surface area contributed by atoms with Crippen LogP contribution in [0.3, 0.4) is 0 Å². The lowest BCUT2D eigenvalue weighted by Gasteiger charge is -2.37. The Labute approximate surface area is 111 Å². The Kier molecular flexibility index (Phi) is 4.37. The first kappa shape index (κ1) is 13.5. The van der Waals surface area contributed by atoms with Crippen molar-refractivity contribution in [3.05, 3.63) is 21.9 Å². The van der Waals surface area contributed by atoms with Gasteiger partial charge in [0, 0.05) is 22.8 Å². The van der Waals surface area contributed by atoms with Crippen LogP contribution >= 0.6 is 11.3 Å². The first-order chi connectivity index (χ1) is 8.58. The van der Waals surface area contributed by atoms with Gasteiger partial charge in [-0.15, -0.1) is 11.3 Å². The summed E-state index contributed by atoms with van der Waals surface area (Å²) in [5.41, 5.74) is 5.83. The van der Waals surface area contributed by atoms with Crippen LogP contribution in [0, 0.1) is 0 Å². The van der Waals surface area contributed by atoms with Gasteiger partial charge < -0.3 is 10.8 Å². The van der Waals surface area contributed by atoms with E-state index in [4.69, 9.17) is 5.73 Å². The first-order valence-electron chi connectivity index (χ1n) is 6.37. The zero-order chi connectivity index (χ0) is 13.1. The second kappa shape index (κ2) is 5.82. The highest BCUT2D eigenvalue weighted by atomic mass is 32.1. The van der Waals surface area contributed by atoms with E-state index in [2.05, 4.69) is 4.90 Å². The van der Waals surface area contributed by atoms with Gasteiger partial charge in [-0.25, -0.2) is 0 Å². The summed E-state index contributed by atoms with van der Waals surface area (Å²) in [6, 6.07) is 2.10. The van der Waals surface area contributed by atoms with Crippen LogP contribution in [0.2, 0.25) is 0 Å². The number of thiophene rings is 1. The van der Waals surface area contributed by atoms with Gasteiger partial charge in [-0.05, 0) is 32.4 Å². The second-order valence-electron chi connectivity index (χ2n) is 4.94. The van der Waals surface area contributed by atoms with Crippen LogP contribution in [-0.4, -0.2) is 34.6 Å². The number of hydrogen-bond acceptors (Lipinski definition) is 4. The molecule has 1 aliphatic heterocycles. The van der Waals surface area contributed by atoms with Gasteiger partial charge in [0.25, 0.3) is 0 Å². The number of nitrogens with zero attached hydrogens (tertiary/aromatic N) is 1. The van der Waals surface area contributed by atoms with Crippen LogP contribution in [-0.2, 0) is 6.54 Å². The van der Waals surface area contributed by atoms with Crippen LogP contribution in [0.4, 0.5) is 0 Å². The molecule has 0 bridgehead atoms. The number of aliphatic hydroxyl groups excluding tert-OH is 1. The normalized spacial score (nSPS) is 22.9. The molecule has 0 radical (unpaired) electrons. The lowest BCUT2D eigenvalue weighted by Crippen LogP contribution is -2.45. The van der Waals surface area contributed by atoms with Gasteiger partial charge in [0.05, 0.1) is 11.7 Å². The van der Waals surface area contributed by atoms with E-state index in [9.17, 15) is 9.90 Å². The number of nitrogens with two attached hydrogens (primary N) is 1. The maximum absolute atomic E-state index is 11.1. The number of carbonyl (C=O) groups excluding carboxylic acids is 1. The average Bonchev–Trinajstić information content (AvgIpc) is 2.78. The molecule has 4 nitrogen and oxygen atoms in total. The van der Waals surface area contributed by atoms with Gasteiger partial charge in [-0.3, -0.25) is 9.69 Å². The number of piperidine rings is 1. The molecule has 0 aliphatic carbocycles. The summed E-state index contributed by atoms with van der Waals surface area (Å²) in [4.78, 5) is 14.5. The SMILES string of the molecule is CC(O)C1CCCCN1Cc1cc(C(N)=O)cs1. The number of amides is 1. The number of aliphatic hydroxyl groups is 1. The zero-order valence-electron chi connectivity index (χ0n) is 10.6. The summed E-state index contributed by atoms with van der Waals surface area (Å²) < 4.78 is 0. The fourth-order valence-electron chi connectivity index (χ4n) is 2.55. The maximum Gasteiger partial charge on any atom is 0.249 e. The molecule has 2 unspecified atom stereocenters. The third-order valence-electron chi connectivity index (χ3n) is 3.52. The van der Waals surface area contributed by atoms with Crippen LogP contribution in [0.1, 0.15) is 41.4 Å². The summed E-state index contributed by atoms with van der Waals surface area (Å²) >= 11 is 1.56. The molecule has 100 valence electrons. The van der Waals surface area contributed by atoms with Crippen molar-refractivity contribution in [1.29, 1.82) is 0 Å². The Hall–Kier alpha value is -0.910. The van der Waals surface area contributed by atoms with Crippen molar-refractivity contribution >= 4 is 17.2 Å². The van der Waals surface area contributed by atoms with Crippen molar-refractivity contribution in [2.24, 2.45) is 5.73 Å². The maximum atomic E-state index is 11.1. The Morgan fingerprint density at radius 1 is 1.67 bits per heavy atom. The third-order valence-corrected chi connectivity index (χ3v) is 4.44. The highest BCUT2D eigenvalue weighted by Crippen LogP contribution is 2.24. The summed E-state index contributed by atoms with van der Waals surface area (Å²) in [6.45, 7) is 3.67. The summed E-state index contributed by atoms with van der Waals surface area (Å²) in [7, 11) is 0. The van der Waals surface area contributed by atoms with Crippen molar-refractivity contribution in [3.63, 3.8) is 0 Å². The van der Waals surface area contributed by atoms with Gasteiger partial charge in [0.15, 0.2) is 0 Å². The Balaban J connectivity index is 2.03. The van der Waals surface area contributed by atoms with E-state index in [0.717, 1.165) is 24.4 Å². The molecule has 3 N–H and O–H groups in total. The van der Waals surface area contributed by atoms with Crippen molar-refractivity contribution in [2.75, 3.05) is 6.54 Å². The topological polar surface area (TPSA) is 66.6 Å². The summed E-state index contributed by atoms with van der Waals surface area (Å²) in [5, 5.41) is 11.6. The molecular weight excluding hydrogens is 248 g/mol. The molecule has 2 atom stereocenters. The van der Waals surface area contributed by atoms with Crippen LogP contribution in [0.15, 0.2) is 11.4 Å². The minimum Gasteiger partial charge on any atom is -0.392 e. The van der Waals surface area contributed by atoms with Gasteiger partial charge in [0.1, 0.15) is 0 Å². The molecule has 0 spiro atoms. The van der Waals surface area contributed by atoms with Crippen LogP contribution in [0.5, 0.6) is 0 Å². The van der Waals surface area contributed by atoms with Gasteiger partial charge in [-0.2, -0.15) is 0 Å². The van der Waals surface area contributed by atoms with Gasteiger partial charge in [-0.1, -0.05) is 6.42 Å². The lowest BCUT2D eigenvalue weighted by atomic mass is 9.98. The minimum absolute atomic E-state index is 0.234. The number of likely N-dealkylation sites (tertiary alicyclic amines) is 1. The molecule has 1 aromatic rings. The third kappa shape index (κ3) is 3.10. The predicted molar refractivity (Wildman–Crippen MR) is 72.6 cm³/mol. The van der Waals surface area contributed by atoms with Gasteiger partial charge >= 0.3 is 0 Å². The van der Waals surface area contributed by atoms with E-state index in [-0.39, 0.29) is 18.1 Å². The molecule has 1 aromatic heterocycles. The molecule has 0 aromatic carbocycles. The van der Waals surface area contributed by atoms with E-state index >= 15 is 0 Å². The molecule has 1 aliphatic rings. The highest BCUT2D eigenvalue weighted by molar-refractivity contribution is 7.10. The predicted octanol–water partition coefficient (Wildman–Crippen LogP) is 1.58.